The summed E-state index contributed by atoms with van der Waals surface area (Å²) in [6.07, 6.45) is -2.29. The zero-order valence-electron chi connectivity index (χ0n) is 11.5. The molecule has 0 amide bonds. The molecule has 0 spiro atoms. The minimum Gasteiger partial charge on any atom is -0.478 e. The molecule has 120 valence electrons. The highest BCUT2D eigenvalue weighted by Gasteiger charge is 2.33. The molecule has 1 N–H and O–H groups in total. The van der Waals surface area contributed by atoms with E-state index >= 15 is 0 Å². The molecule has 1 rings (SSSR count). The van der Waals surface area contributed by atoms with Gasteiger partial charge in [0.1, 0.15) is 11.3 Å². The molecule has 0 radical (unpaired) electrons. The van der Waals surface area contributed by atoms with Crippen molar-refractivity contribution in [3.63, 3.8) is 0 Å². The van der Waals surface area contributed by atoms with Gasteiger partial charge < -0.3 is 14.6 Å². The lowest BCUT2D eigenvalue weighted by atomic mass is 10.1. The van der Waals surface area contributed by atoms with Gasteiger partial charge in [-0.15, -0.1) is 13.2 Å². The van der Waals surface area contributed by atoms with E-state index in [0.29, 0.717) is 0 Å². The quantitative estimate of drug-likeness (QED) is 0.815. The van der Waals surface area contributed by atoms with E-state index in [4.69, 9.17) is 5.11 Å². The maximum atomic E-state index is 12.3. The molecule has 0 unspecified atom stereocenters. The number of carboxylic acids is 1. The lowest BCUT2D eigenvalue weighted by molar-refractivity contribution is -0.274. The molecule has 0 fully saturated rings. The zero-order chi connectivity index (χ0) is 16.8. The Kier molecular flexibility index (Phi) is 5.97. The molecule has 0 aromatic heterocycles. The molecule has 0 bridgehead atoms. The molecule has 5 nitrogen and oxygen atoms in total. The number of aromatic carboxylic acids is 1. The van der Waals surface area contributed by atoms with E-state index < -0.39 is 29.6 Å². The van der Waals surface area contributed by atoms with Crippen molar-refractivity contribution in [2.45, 2.75) is 19.7 Å². The Morgan fingerprint density at radius 3 is 2.55 bits per heavy atom. The molecule has 0 aliphatic heterocycles. The van der Waals surface area contributed by atoms with Gasteiger partial charge >= 0.3 is 18.3 Å². The van der Waals surface area contributed by atoms with Crippen molar-refractivity contribution < 1.29 is 37.3 Å². The van der Waals surface area contributed by atoms with Crippen LogP contribution in [0.25, 0.3) is 6.08 Å². The molecule has 0 saturated carbocycles. The average Bonchev–Trinajstić information content (AvgIpc) is 2.37. The SMILES string of the molecule is CCOC(=O)CC=Cc1ccc(C(=O)O)c(OC(F)(F)F)c1. The third-order valence-electron chi connectivity index (χ3n) is 2.36. The third kappa shape index (κ3) is 5.86. The highest BCUT2D eigenvalue weighted by Crippen LogP contribution is 2.28. The van der Waals surface area contributed by atoms with Gasteiger partial charge in [0.05, 0.1) is 13.0 Å². The Hall–Kier alpha value is -2.51. The number of esters is 1. The van der Waals surface area contributed by atoms with Crippen LogP contribution in [0.15, 0.2) is 24.3 Å². The second kappa shape index (κ2) is 7.48. The molecule has 0 saturated heterocycles. The lowest BCUT2D eigenvalue weighted by Crippen LogP contribution is -2.19. The van der Waals surface area contributed by atoms with Crippen molar-refractivity contribution in [3.05, 3.63) is 35.4 Å². The topological polar surface area (TPSA) is 72.8 Å². The fourth-order valence-corrected chi connectivity index (χ4v) is 1.54. The smallest absolute Gasteiger partial charge is 0.478 e. The van der Waals surface area contributed by atoms with Gasteiger partial charge in [0.25, 0.3) is 0 Å². The Morgan fingerprint density at radius 2 is 2.00 bits per heavy atom. The number of hydrogen-bond donors (Lipinski definition) is 1. The molecular weight excluding hydrogens is 305 g/mol. The summed E-state index contributed by atoms with van der Waals surface area (Å²) in [5.74, 6) is -2.84. The van der Waals surface area contributed by atoms with Gasteiger partial charge in [-0.1, -0.05) is 18.2 Å². The highest BCUT2D eigenvalue weighted by molar-refractivity contribution is 5.91. The molecule has 0 atom stereocenters. The van der Waals surface area contributed by atoms with E-state index in [0.717, 1.165) is 12.1 Å². The van der Waals surface area contributed by atoms with Crippen molar-refractivity contribution in [3.8, 4) is 5.75 Å². The van der Waals surface area contributed by atoms with Crippen LogP contribution in [0.5, 0.6) is 5.75 Å². The molecule has 1 aromatic rings. The Morgan fingerprint density at radius 1 is 1.32 bits per heavy atom. The van der Waals surface area contributed by atoms with Crippen LogP contribution in [0.2, 0.25) is 0 Å². The van der Waals surface area contributed by atoms with Crippen LogP contribution in [0.1, 0.15) is 29.3 Å². The Bertz CT molecular complexity index is 578. The number of carboxylic acid groups (broad SMARTS) is 1. The summed E-state index contributed by atoms with van der Waals surface area (Å²) in [6, 6.07) is 3.22. The number of carbonyl (C=O) groups is 2. The predicted molar refractivity (Wildman–Crippen MR) is 70.4 cm³/mol. The number of hydrogen-bond acceptors (Lipinski definition) is 4. The summed E-state index contributed by atoms with van der Waals surface area (Å²) >= 11 is 0. The summed E-state index contributed by atoms with van der Waals surface area (Å²) in [5, 5.41) is 8.83. The van der Waals surface area contributed by atoms with Gasteiger partial charge in [0.15, 0.2) is 0 Å². The van der Waals surface area contributed by atoms with Crippen LogP contribution < -0.4 is 4.74 Å². The van der Waals surface area contributed by atoms with Gasteiger partial charge in [-0.2, -0.15) is 0 Å². The minimum atomic E-state index is -5.00. The monoisotopic (exact) mass is 318 g/mol. The van der Waals surface area contributed by atoms with Gasteiger partial charge in [-0.3, -0.25) is 4.79 Å². The minimum absolute atomic E-state index is 0.0516. The Labute approximate surface area is 124 Å². The second-order valence-corrected chi connectivity index (χ2v) is 4.02. The Balaban J connectivity index is 2.94. The molecule has 0 aliphatic rings. The van der Waals surface area contributed by atoms with E-state index in [9.17, 15) is 22.8 Å². The first-order valence-corrected chi connectivity index (χ1v) is 6.18. The van der Waals surface area contributed by atoms with Crippen LogP contribution in [-0.2, 0) is 9.53 Å². The van der Waals surface area contributed by atoms with Crippen molar-refractivity contribution in [1.82, 2.24) is 0 Å². The van der Waals surface area contributed by atoms with E-state index in [1.54, 1.807) is 6.92 Å². The van der Waals surface area contributed by atoms with Crippen LogP contribution in [0.3, 0.4) is 0 Å². The van der Waals surface area contributed by atoms with Crippen molar-refractivity contribution >= 4 is 18.0 Å². The zero-order valence-corrected chi connectivity index (χ0v) is 11.5. The summed E-state index contributed by atoms with van der Waals surface area (Å²) in [6.45, 7) is 1.87. The maximum Gasteiger partial charge on any atom is 0.573 e. The molecule has 0 aliphatic carbocycles. The number of halogens is 3. The largest absolute Gasteiger partial charge is 0.573 e. The van der Waals surface area contributed by atoms with E-state index in [1.807, 2.05) is 0 Å². The van der Waals surface area contributed by atoms with Crippen LogP contribution in [-0.4, -0.2) is 30.0 Å². The summed E-state index contributed by atoms with van der Waals surface area (Å²) in [4.78, 5) is 22.0. The fourth-order valence-electron chi connectivity index (χ4n) is 1.54. The number of carbonyl (C=O) groups excluding carboxylic acids is 1. The molecule has 22 heavy (non-hydrogen) atoms. The average molecular weight is 318 g/mol. The van der Waals surface area contributed by atoms with E-state index in [1.165, 1.54) is 18.2 Å². The van der Waals surface area contributed by atoms with Crippen molar-refractivity contribution in [1.29, 1.82) is 0 Å². The van der Waals surface area contributed by atoms with Crippen LogP contribution in [0.4, 0.5) is 13.2 Å². The second-order valence-electron chi connectivity index (χ2n) is 4.02. The molecule has 0 heterocycles. The third-order valence-corrected chi connectivity index (χ3v) is 2.36. The summed E-state index contributed by atoms with van der Waals surface area (Å²) in [5.41, 5.74) is -0.353. The first-order chi connectivity index (χ1) is 10.2. The lowest BCUT2D eigenvalue weighted by Gasteiger charge is -2.11. The van der Waals surface area contributed by atoms with E-state index in [-0.39, 0.29) is 18.6 Å². The maximum absolute atomic E-state index is 12.3. The fraction of sp³-hybridized carbons (Fsp3) is 0.286. The van der Waals surface area contributed by atoms with Gasteiger partial charge in [-0.25, -0.2) is 4.79 Å². The summed E-state index contributed by atoms with van der Waals surface area (Å²) < 4.78 is 45.2. The van der Waals surface area contributed by atoms with Gasteiger partial charge in [-0.05, 0) is 24.6 Å². The van der Waals surface area contributed by atoms with E-state index in [2.05, 4.69) is 9.47 Å². The standard InChI is InChI=1S/C14H13F3O5/c1-2-21-12(18)5-3-4-9-6-7-10(13(19)20)11(8-9)22-14(15,16)17/h3-4,6-8H,2,5H2,1H3,(H,19,20). The van der Waals surface area contributed by atoms with Crippen LogP contribution in [0, 0.1) is 0 Å². The van der Waals surface area contributed by atoms with Crippen molar-refractivity contribution in [2.24, 2.45) is 0 Å². The predicted octanol–water partition coefficient (Wildman–Crippen LogP) is 3.25. The molecule has 1 aromatic carbocycles. The molecule has 8 heteroatoms. The first-order valence-electron chi connectivity index (χ1n) is 6.18. The highest BCUT2D eigenvalue weighted by atomic mass is 19.4. The number of benzene rings is 1. The van der Waals surface area contributed by atoms with Gasteiger partial charge in [0.2, 0.25) is 0 Å². The van der Waals surface area contributed by atoms with Crippen LogP contribution >= 0.6 is 0 Å². The first kappa shape index (κ1) is 17.5. The number of alkyl halides is 3. The number of ether oxygens (including phenoxy) is 2. The number of rotatable bonds is 6. The summed E-state index contributed by atoms with van der Waals surface area (Å²) in [7, 11) is 0. The molecular formula is C14H13F3O5. The normalized spacial score (nSPS) is 11.5. The van der Waals surface area contributed by atoms with Gasteiger partial charge in [0, 0.05) is 0 Å². The van der Waals surface area contributed by atoms with Crippen molar-refractivity contribution in [2.75, 3.05) is 6.61 Å².